The molecule has 19 heavy (non-hydrogen) atoms. The molecule has 2 heterocycles. The molecule has 0 spiro atoms. The van der Waals surface area contributed by atoms with Crippen LogP contribution in [0.3, 0.4) is 0 Å². The van der Waals surface area contributed by atoms with E-state index in [0.29, 0.717) is 17.3 Å². The Labute approximate surface area is 114 Å². The molecule has 1 aliphatic heterocycles. The first kappa shape index (κ1) is 13.8. The van der Waals surface area contributed by atoms with Crippen LogP contribution in [-0.2, 0) is 0 Å². The van der Waals surface area contributed by atoms with Crippen LogP contribution in [0.5, 0.6) is 0 Å². The summed E-state index contributed by atoms with van der Waals surface area (Å²) in [6, 6.07) is 3.41. The van der Waals surface area contributed by atoms with Crippen LogP contribution in [0.15, 0.2) is 18.3 Å². The summed E-state index contributed by atoms with van der Waals surface area (Å²) in [6.07, 6.45) is 1.55. The van der Waals surface area contributed by atoms with Crippen molar-refractivity contribution in [3.8, 4) is 0 Å². The molecule has 0 atom stereocenters. The fourth-order valence-electron chi connectivity index (χ4n) is 2.36. The molecule has 5 heteroatoms. The molecule has 0 bridgehead atoms. The summed E-state index contributed by atoms with van der Waals surface area (Å²) in [5, 5.41) is 0. The molecule has 5 nitrogen and oxygen atoms in total. The zero-order chi connectivity index (χ0) is 13.8. The molecule has 1 aliphatic rings. The lowest BCUT2D eigenvalue weighted by Gasteiger charge is -2.35. The summed E-state index contributed by atoms with van der Waals surface area (Å²) >= 11 is 0. The number of rotatable bonds is 3. The SMILES string of the molecule is CC(C)CN1CCN(C(=O)c2ccc(N)nc2)CC1. The van der Waals surface area contributed by atoms with Crippen molar-refractivity contribution < 1.29 is 4.79 Å². The smallest absolute Gasteiger partial charge is 0.255 e. The van der Waals surface area contributed by atoms with Gasteiger partial charge in [0.1, 0.15) is 5.82 Å². The molecule has 104 valence electrons. The van der Waals surface area contributed by atoms with Gasteiger partial charge in [0.2, 0.25) is 0 Å². The average Bonchev–Trinajstić information content (AvgIpc) is 2.39. The summed E-state index contributed by atoms with van der Waals surface area (Å²) in [5.74, 6) is 1.17. The summed E-state index contributed by atoms with van der Waals surface area (Å²) in [7, 11) is 0. The van der Waals surface area contributed by atoms with Gasteiger partial charge in [-0.1, -0.05) is 13.8 Å². The molecular weight excluding hydrogens is 240 g/mol. The minimum atomic E-state index is 0.0525. The van der Waals surface area contributed by atoms with Gasteiger partial charge in [-0.3, -0.25) is 9.69 Å². The van der Waals surface area contributed by atoms with E-state index in [1.807, 2.05) is 4.90 Å². The van der Waals surface area contributed by atoms with E-state index in [0.717, 1.165) is 32.7 Å². The number of nitrogens with two attached hydrogens (primary N) is 1. The van der Waals surface area contributed by atoms with E-state index < -0.39 is 0 Å². The van der Waals surface area contributed by atoms with Gasteiger partial charge in [0.05, 0.1) is 5.56 Å². The van der Waals surface area contributed by atoms with Crippen molar-refractivity contribution >= 4 is 11.7 Å². The van der Waals surface area contributed by atoms with E-state index in [1.54, 1.807) is 18.3 Å². The lowest BCUT2D eigenvalue weighted by molar-refractivity contribution is 0.0623. The van der Waals surface area contributed by atoms with Crippen LogP contribution < -0.4 is 5.73 Å². The predicted molar refractivity (Wildman–Crippen MR) is 75.8 cm³/mol. The predicted octanol–water partition coefficient (Wildman–Crippen LogP) is 1.08. The van der Waals surface area contributed by atoms with Crippen LogP contribution in [0.4, 0.5) is 5.82 Å². The molecule has 0 radical (unpaired) electrons. The standard InChI is InChI=1S/C14H22N4O/c1-11(2)10-17-5-7-18(8-6-17)14(19)12-3-4-13(15)16-9-12/h3-4,9,11H,5-8,10H2,1-2H3,(H2,15,16). The molecule has 2 rings (SSSR count). The second-order valence-electron chi connectivity index (χ2n) is 5.46. The molecule has 0 aromatic carbocycles. The van der Waals surface area contributed by atoms with Crippen molar-refractivity contribution in [1.82, 2.24) is 14.8 Å². The number of piperazine rings is 1. The first-order valence-corrected chi connectivity index (χ1v) is 6.79. The summed E-state index contributed by atoms with van der Waals surface area (Å²) in [6.45, 7) is 9.02. The molecule has 1 saturated heterocycles. The van der Waals surface area contributed by atoms with Crippen molar-refractivity contribution in [2.45, 2.75) is 13.8 Å². The molecule has 2 N–H and O–H groups in total. The lowest BCUT2D eigenvalue weighted by Crippen LogP contribution is -2.49. The fourth-order valence-corrected chi connectivity index (χ4v) is 2.36. The molecule has 0 aliphatic carbocycles. The normalized spacial score (nSPS) is 16.9. The largest absolute Gasteiger partial charge is 0.384 e. The third kappa shape index (κ3) is 3.67. The van der Waals surface area contributed by atoms with Crippen LogP contribution >= 0.6 is 0 Å². The second-order valence-corrected chi connectivity index (χ2v) is 5.46. The number of aromatic nitrogens is 1. The number of anilines is 1. The van der Waals surface area contributed by atoms with Gasteiger partial charge in [-0.2, -0.15) is 0 Å². The van der Waals surface area contributed by atoms with Crippen LogP contribution in [-0.4, -0.2) is 53.4 Å². The van der Waals surface area contributed by atoms with Gasteiger partial charge in [0.15, 0.2) is 0 Å². The number of hydrogen-bond acceptors (Lipinski definition) is 4. The topological polar surface area (TPSA) is 62.5 Å². The maximum Gasteiger partial charge on any atom is 0.255 e. The van der Waals surface area contributed by atoms with Crippen LogP contribution in [0, 0.1) is 5.92 Å². The lowest BCUT2D eigenvalue weighted by atomic mass is 10.1. The van der Waals surface area contributed by atoms with E-state index in [-0.39, 0.29) is 5.91 Å². The maximum absolute atomic E-state index is 12.3. The number of nitrogens with zero attached hydrogens (tertiary/aromatic N) is 3. The summed E-state index contributed by atoms with van der Waals surface area (Å²) in [4.78, 5) is 20.5. The Morgan fingerprint density at radius 3 is 2.53 bits per heavy atom. The number of nitrogen functional groups attached to an aromatic ring is 1. The van der Waals surface area contributed by atoms with E-state index >= 15 is 0 Å². The maximum atomic E-state index is 12.3. The van der Waals surface area contributed by atoms with Gasteiger partial charge in [-0.25, -0.2) is 4.98 Å². The molecule has 0 unspecified atom stereocenters. The number of carbonyl (C=O) groups excluding carboxylic acids is 1. The molecular formula is C14H22N4O. The Hall–Kier alpha value is -1.62. The van der Waals surface area contributed by atoms with Crippen molar-refractivity contribution in [3.63, 3.8) is 0 Å². The Balaban J connectivity index is 1.90. The number of carbonyl (C=O) groups is 1. The molecule has 1 aromatic rings. The summed E-state index contributed by atoms with van der Waals surface area (Å²) < 4.78 is 0. The van der Waals surface area contributed by atoms with Crippen LogP contribution in [0.1, 0.15) is 24.2 Å². The van der Waals surface area contributed by atoms with Gasteiger partial charge in [-0.15, -0.1) is 0 Å². The van der Waals surface area contributed by atoms with E-state index in [2.05, 4.69) is 23.7 Å². The molecule has 1 fully saturated rings. The van der Waals surface area contributed by atoms with Crippen LogP contribution in [0.25, 0.3) is 0 Å². The van der Waals surface area contributed by atoms with Gasteiger partial charge >= 0.3 is 0 Å². The minimum absolute atomic E-state index is 0.0525. The van der Waals surface area contributed by atoms with Crippen LogP contribution in [0.2, 0.25) is 0 Å². The van der Waals surface area contributed by atoms with Gasteiger partial charge in [-0.05, 0) is 18.1 Å². The number of pyridine rings is 1. The van der Waals surface area contributed by atoms with Crippen molar-refractivity contribution in [1.29, 1.82) is 0 Å². The van der Waals surface area contributed by atoms with E-state index in [1.165, 1.54) is 0 Å². The Bertz CT molecular complexity index is 422. The fraction of sp³-hybridized carbons (Fsp3) is 0.571. The van der Waals surface area contributed by atoms with Crippen molar-refractivity contribution in [3.05, 3.63) is 23.9 Å². The van der Waals surface area contributed by atoms with Gasteiger partial charge < -0.3 is 10.6 Å². The quantitative estimate of drug-likeness (QED) is 0.885. The third-order valence-electron chi connectivity index (χ3n) is 3.32. The van der Waals surface area contributed by atoms with Gasteiger partial charge in [0.25, 0.3) is 5.91 Å². The first-order chi connectivity index (χ1) is 9.06. The zero-order valence-electron chi connectivity index (χ0n) is 11.7. The highest BCUT2D eigenvalue weighted by Gasteiger charge is 2.22. The Kier molecular flexibility index (Phi) is 4.37. The minimum Gasteiger partial charge on any atom is -0.384 e. The van der Waals surface area contributed by atoms with E-state index in [9.17, 15) is 4.79 Å². The number of hydrogen-bond donors (Lipinski definition) is 1. The molecule has 1 amide bonds. The Morgan fingerprint density at radius 2 is 2.00 bits per heavy atom. The average molecular weight is 262 g/mol. The Morgan fingerprint density at radius 1 is 1.32 bits per heavy atom. The zero-order valence-corrected chi connectivity index (χ0v) is 11.7. The van der Waals surface area contributed by atoms with Crippen molar-refractivity contribution in [2.75, 3.05) is 38.5 Å². The highest BCUT2D eigenvalue weighted by atomic mass is 16.2. The third-order valence-corrected chi connectivity index (χ3v) is 3.32. The van der Waals surface area contributed by atoms with Gasteiger partial charge in [0, 0.05) is 38.9 Å². The molecule has 0 saturated carbocycles. The first-order valence-electron chi connectivity index (χ1n) is 6.79. The number of amides is 1. The second kappa shape index (κ2) is 6.02. The van der Waals surface area contributed by atoms with Crippen molar-refractivity contribution in [2.24, 2.45) is 5.92 Å². The summed E-state index contributed by atoms with van der Waals surface area (Å²) in [5.41, 5.74) is 6.14. The molecule has 1 aromatic heterocycles. The highest BCUT2D eigenvalue weighted by molar-refractivity contribution is 5.94. The highest BCUT2D eigenvalue weighted by Crippen LogP contribution is 2.10. The van der Waals surface area contributed by atoms with E-state index in [4.69, 9.17) is 5.73 Å². The monoisotopic (exact) mass is 262 g/mol.